The molecule has 1 amide bonds. The van der Waals surface area contributed by atoms with Crippen molar-refractivity contribution in [1.82, 2.24) is 5.48 Å². The first kappa shape index (κ1) is 12.6. The van der Waals surface area contributed by atoms with Gasteiger partial charge in [-0.25, -0.2) is 5.48 Å². The number of hydrogen-bond donors (Lipinski definition) is 1. The molecule has 5 nitrogen and oxygen atoms in total. The molecule has 1 aliphatic rings. The molecule has 1 fully saturated rings. The minimum absolute atomic E-state index is 0.160. The van der Waals surface area contributed by atoms with E-state index in [0.29, 0.717) is 6.61 Å². The Morgan fingerprint density at radius 2 is 2.17 bits per heavy atom. The van der Waals surface area contributed by atoms with Crippen LogP contribution in [0.1, 0.15) is 24.8 Å². The van der Waals surface area contributed by atoms with Crippen LogP contribution in [-0.4, -0.2) is 18.2 Å². The summed E-state index contributed by atoms with van der Waals surface area (Å²) in [5.74, 6) is -0.407. The molecular formula is C13H16N2O3. The van der Waals surface area contributed by atoms with E-state index in [2.05, 4.69) is 10.6 Å². The van der Waals surface area contributed by atoms with Crippen molar-refractivity contribution in [3.63, 3.8) is 0 Å². The number of hydrogen-bond acceptors (Lipinski definition) is 4. The van der Waals surface area contributed by atoms with Gasteiger partial charge in [-0.2, -0.15) is 0 Å². The molecule has 2 rings (SSSR count). The molecule has 1 N–H and O–H groups in total. The smallest absolute Gasteiger partial charge is 0.289 e. The zero-order valence-corrected chi connectivity index (χ0v) is 10.0. The predicted octanol–water partition coefficient (Wildman–Crippen LogP) is 1.79. The number of rotatable bonds is 6. The Morgan fingerprint density at radius 1 is 1.39 bits per heavy atom. The summed E-state index contributed by atoms with van der Waals surface area (Å²) in [5, 5.41) is 3.57. The van der Waals surface area contributed by atoms with E-state index in [1.807, 2.05) is 30.3 Å². The van der Waals surface area contributed by atoms with Gasteiger partial charge in [0.2, 0.25) is 0 Å². The summed E-state index contributed by atoms with van der Waals surface area (Å²) in [6.45, 7) is 0.341. The highest BCUT2D eigenvalue weighted by Crippen LogP contribution is 2.20. The van der Waals surface area contributed by atoms with Gasteiger partial charge in [0.25, 0.3) is 5.91 Å². The lowest BCUT2D eigenvalue weighted by Gasteiger charge is -2.24. The highest BCUT2D eigenvalue weighted by molar-refractivity contribution is 6.25. The van der Waals surface area contributed by atoms with E-state index in [1.165, 1.54) is 0 Å². The van der Waals surface area contributed by atoms with E-state index in [9.17, 15) is 4.79 Å². The summed E-state index contributed by atoms with van der Waals surface area (Å²) in [7, 11) is 0. The average Bonchev–Trinajstić information content (AvgIpc) is 2.34. The van der Waals surface area contributed by atoms with Crippen LogP contribution in [0.25, 0.3) is 0 Å². The van der Waals surface area contributed by atoms with Gasteiger partial charge in [0.05, 0.1) is 6.10 Å². The van der Waals surface area contributed by atoms with Gasteiger partial charge >= 0.3 is 0 Å². The van der Waals surface area contributed by atoms with Crippen LogP contribution < -0.4 is 5.48 Å². The molecule has 0 unspecified atom stereocenters. The molecular weight excluding hydrogens is 232 g/mol. The number of benzene rings is 1. The van der Waals surface area contributed by atoms with Crippen molar-refractivity contribution in [3.05, 3.63) is 35.9 Å². The van der Waals surface area contributed by atoms with Gasteiger partial charge in [0.1, 0.15) is 12.8 Å². The molecule has 1 saturated carbocycles. The lowest BCUT2D eigenvalue weighted by molar-refractivity contribution is -0.135. The summed E-state index contributed by atoms with van der Waals surface area (Å²) >= 11 is 0. The van der Waals surface area contributed by atoms with E-state index in [-0.39, 0.29) is 6.10 Å². The molecule has 0 spiro atoms. The van der Waals surface area contributed by atoms with Crippen molar-refractivity contribution in [2.45, 2.75) is 32.0 Å². The normalized spacial score (nSPS) is 15.3. The minimum atomic E-state index is -0.407. The van der Waals surface area contributed by atoms with Crippen LogP contribution in [0.3, 0.4) is 0 Å². The summed E-state index contributed by atoms with van der Waals surface area (Å²) < 4.78 is 0. The van der Waals surface area contributed by atoms with E-state index >= 15 is 0 Å². The second-order valence-corrected chi connectivity index (χ2v) is 4.13. The third-order valence-corrected chi connectivity index (χ3v) is 2.70. The molecule has 5 heteroatoms. The van der Waals surface area contributed by atoms with Crippen LogP contribution in [0.2, 0.25) is 0 Å². The summed E-state index contributed by atoms with van der Waals surface area (Å²) in [5.41, 5.74) is 3.32. The monoisotopic (exact) mass is 248 g/mol. The second kappa shape index (κ2) is 6.76. The lowest BCUT2D eigenvalue weighted by Crippen LogP contribution is -2.33. The number of nitrogens with one attached hydrogen (secondary N) is 1. The standard InChI is InChI=1S/C13H16N2O3/c16-13(15-18-12-7-4-8-12)9-14-17-10-11-5-2-1-3-6-11/h1-3,5-6,9,12H,4,7-8,10H2,(H,15,16). The molecule has 0 aromatic heterocycles. The number of amides is 1. The van der Waals surface area contributed by atoms with Crippen molar-refractivity contribution in [2.75, 3.05) is 0 Å². The highest BCUT2D eigenvalue weighted by atomic mass is 16.7. The van der Waals surface area contributed by atoms with Crippen LogP contribution in [0.4, 0.5) is 0 Å². The van der Waals surface area contributed by atoms with Crippen molar-refractivity contribution in [3.8, 4) is 0 Å². The molecule has 1 aromatic carbocycles. The van der Waals surface area contributed by atoms with Crippen molar-refractivity contribution in [1.29, 1.82) is 0 Å². The number of carbonyl (C=O) groups excluding carboxylic acids is 1. The molecule has 18 heavy (non-hydrogen) atoms. The first-order valence-electron chi connectivity index (χ1n) is 5.99. The fourth-order valence-corrected chi connectivity index (χ4v) is 1.43. The molecule has 0 radical (unpaired) electrons. The molecule has 96 valence electrons. The van der Waals surface area contributed by atoms with E-state index < -0.39 is 5.91 Å². The van der Waals surface area contributed by atoms with Gasteiger partial charge in [-0.15, -0.1) is 0 Å². The van der Waals surface area contributed by atoms with E-state index in [1.54, 1.807) is 0 Å². The summed E-state index contributed by atoms with van der Waals surface area (Å²) in [4.78, 5) is 21.3. The molecule has 0 aliphatic heterocycles. The zero-order valence-electron chi connectivity index (χ0n) is 10.0. The number of oxime groups is 1. The van der Waals surface area contributed by atoms with Crippen LogP contribution in [0.15, 0.2) is 35.5 Å². The van der Waals surface area contributed by atoms with E-state index in [4.69, 9.17) is 9.68 Å². The summed E-state index contributed by atoms with van der Waals surface area (Å²) in [6, 6.07) is 9.62. The zero-order chi connectivity index (χ0) is 12.6. The van der Waals surface area contributed by atoms with E-state index in [0.717, 1.165) is 31.0 Å². The fourth-order valence-electron chi connectivity index (χ4n) is 1.43. The first-order valence-corrected chi connectivity index (χ1v) is 5.99. The quantitative estimate of drug-likeness (QED) is 0.616. The Bertz CT molecular complexity index is 402. The molecule has 0 saturated heterocycles. The Balaban J connectivity index is 1.60. The number of carbonyl (C=O) groups is 1. The number of hydroxylamine groups is 1. The van der Waals surface area contributed by atoms with Crippen molar-refractivity contribution >= 4 is 12.1 Å². The van der Waals surface area contributed by atoms with Gasteiger partial charge in [-0.3, -0.25) is 9.63 Å². The minimum Gasteiger partial charge on any atom is -0.391 e. The third kappa shape index (κ3) is 4.18. The maximum atomic E-state index is 11.2. The average molecular weight is 248 g/mol. The van der Waals surface area contributed by atoms with Crippen molar-refractivity contribution < 1.29 is 14.5 Å². The second-order valence-electron chi connectivity index (χ2n) is 4.13. The molecule has 0 bridgehead atoms. The van der Waals surface area contributed by atoms with Gasteiger partial charge in [-0.1, -0.05) is 35.5 Å². The SMILES string of the molecule is O=C(C=NOCc1ccccc1)NOC1CCC1. The Labute approximate surface area is 106 Å². The van der Waals surface area contributed by atoms with Gasteiger partial charge in [0, 0.05) is 0 Å². The predicted molar refractivity (Wildman–Crippen MR) is 66.6 cm³/mol. The molecule has 1 aromatic rings. The first-order chi connectivity index (χ1) is 8.84. The van der Waals surface area contributed by atoms with Crippen molar-refractivity contribution in [2.24, 2.45) is 5.16 Å². The molecule has 1 aliphatic carbocycles. The fraction of sp³-hybridized carbons (Fsp3) is 0.385. The largest absolute Gasteiger partial charge is 0.391 e. The van der Waals surface area contributed by atoms with Crippen LogP contribution in [0.5, 0.6) is 0 Å². The van der Waals surface area contributed by atoms with Crippen LogP contribution >= 0.6 is 0 Å². The third-order valence-electron chi connectivity index (χ3n) is 2.70. The maximum Gasteiger partial charge on any atom is 0.289 e. The summed E-state index contributed by atoms with van der Waals surface area (Å²) in [6.07, 6.45) is 4.40. The maximum absolute atomic E-state index is 11.2. The Kier molecular flexibility index (Phi) is 4.72. The lowest BCUT2D eigenvalue weighted by atomic mass is 9.97. The van der Waals surface area contributed by atoms with Gasteiger partial charge in [0.15, 0.2) is 0 Å². The number of nitrogens with zero attached hydrogens (tertiary/aromatic N) is 1. The van der Waals surface area contributed by atoms with Crippen LogP contribution in [-0.2, 0) is 21.1 Å². The highest BCUT2D eigenvalue weighted by Gasteiger charge is 2.18. The van der Waals surface area contributed by atoms with Crippen LogP contribution in [0, 0.1) is 0 Å². The Morgan fingerprint density at radius 3 is 2.83 bits per heavy atom. The van der Waals surface area contributed by atoms with Gasteiger partial charge in [-0.05, 0) is 24.8 Å². The Hall–Kier alpha value is -1.88. The molecule has 0 atom stereocenters. The van der Waals surface area contributed by atoms with Gasteiger partial charge < -0.3 is 4.84 Å². The molecule has 0 heterocycles. The topological polar surface area (TPSA) is 59.9 Å².